The van der Waals surface area contributed by atoms with Crippen LogP contribution in [0.2, 0.25) is 5.15 Å². The van der Waals surface area contributed by atoms with Crippen LogP contribution in [0, 0.1) is 6.92 Å². The van der Waals surface area contributed by atoms with Gasteiger partial charge in [-0.1, -0.05) is 38.8 Å². The molecule has 0 saturated heterocycles. The number of carbonyl (C=O) groups is 1. The van der Waals surface area contributed by atoms with Gasteiger partial charge >= 0.3 is 0 Å². The summed E-state index contributed by atoms with van der Waals surface area (Å²) in [5, 5.41) is 8.00. The normalized spacial score (nSPS) is 11.5. The summed E-state index contributed by atoms with van der Waals surface area (Å²) in [5.41, 5.74) is 1.68. The lowest BCUT2D eigenvalue weighted by Gasteiger charge is -2.12. The van der Waals surface area contributed by atoms with Crippen molar-refractivity contribution in [3.05, 3.63) is 22.5 Å². The highest BCUT2D eigenvalue weighted by molar-refractivity contribution is 6.31. The minimum absolute atomic E-state index is 0.0829. The Balaban J connectivity index is 2.75. The fourth-order valence-electron chi connectivity index (χ4n) is 2.11. The van der Waals surface area contributed by atoms with E-state index in [1.165, 1.54) is 0 Å². The Morgan fingerprint density at radius 2 is 2.05 bits per heavy atom. The Labute approximate surface area is 132 Å². The molecule has 0 spiro atoms. The molecule has 1 amide bonds. The van der Waals surface area contributed by atoms with Crippen molar-refractivity contribution in [2.75, 3.05) is 0 Å². The molecule has 0 bridgehead atoms. The highest BCUT2D eigenvalue weighted by atomic mass is 35.5. The van der Waals surface area contributed by atoms with Crippen molar-refractivity contribution in [1.82, 2.24) is 15.1 Å². The molecule has 1 aromatic heterocycles. The van der Waals surface area contributed by atoms with Gasteiger partial charge in [-0.25, -0.2) is 0 Å². The van der Waals surface area contributed by atoms with Gasteiger partial charge in [0, 0.05) is 24.2 Å². The maximum absolute atomic E-state index is 11.9. The third-order valence-electron chi connectivity index (χ3n) is 3.57. The van der Waals surface area contributed by atoms with E-state index in [1.807, 2.05) is 6.92 Å². The quantitative estimate of drug-likeness (QED) is 0.739. The van der Waals surface area contributed by atoms with E-state index < -0.39 is 0 Å². The van der Waals surface area contributed by atoms with Crippen molar-refractivity contribution in [1.29, 1.82) is 0 Å². The van der Waals surface area contributed by atoms with Gasteiger partial charge in [-0.2, -0.15) is 5.10 Å². The van der Waals surface area contributed by atoms with Crippen molar-refractivity contribution < 1.29 is 4.79 Å². The second-order valence-electron chi connectivity index (χ2n) is 5.22. The van der Waals surface area contributed by atoms with E-state index >= 15 is 0 Å². The van der Waals surface area contributed by atoms with Crippen LogP contribution in [0.4, 0.5) is 0 Å². The van der Waals surface area contributed by atoms with Crippen molar-refractivity contribution in [3.63, 3.8) is 0 Å². The number of carbonyl (C=O) groups excluding carboxylic acids is 1. The molecule has 21 heavy (non-hydrogen) atoms. The molecule has 118 valence electrons. The van der Waals surface area contributed by atoms with Crippen molar-refractivity contribution >= 4 is 23.6 Å². The first-order valence-corrected chi connectivity index (χ1v) is 8.12. The van der Waals surface area contributed by atoms with Crippen LogP contribution in [0.5, 0.6) is 0 Å². The number of aromatic nitrogens is 2. The molecule has 0 atom stereocenters. The Bertz CT molecular complexity index is 490. The number of aryl methyl sites for hydroxylation is 2. The summed E-state index contributed by atoms with van der Waals surface area (Å²) in [7, 11) is 0. The SMILES string of the molecule is CCCCn1nc(C)c(/C=C/C(=O)NC(CC)CC)c1Cl. The second-order valence-corrected chi connectivity index (χ2v) is 5.58. The fourth-order valence-corrected chi connectivity index (χ4v) is 2.44. The number of amides is 1. The van der Waals surface area contributed by atoms with Gasteiger partial charge in [0.25, 0.3) is 0 Å². The van der Waals surface area contributed by atoms with Crippen molar-refractivity contribution in [2.45, 2.75) is 66.0 Å². The summed E-state index contributed by atoms with van der Waals surface area (Å²) >= 11 is 6.33. The van der Waals surface area contributed by atoms with E-state index in [1.54, 1.807) is 16.8 Å². The minimum Gasteiger partial charge on any atom is -0.350 e. The summed E-state index contributed by atoms with van der Waals surface area (Å²) in [6.07, 6.45) is 7.30. The largest absolute Gasteiger partial charge is 0.350 e. The smallest absolute Gasteiger partial charge is 0.244 e. The maximum Gasteiger partial charge on any atom is 0.244 e. The lowest BCUT2D eigenvalue weighted by Crippen LogP contribution is -2.32. The summed E-state index contributed by atoms with van der Waals surface area (Å²) in [5.74, 6) is -0.0829. The van der Waals surface area contributed by atoms with Crippen LogP contribution in [0.25, 0.3) is 6.08 Å². The third-order valence-corrected chi connectivity index (χ3v) is 3.96. The lowest BCUT2D eigenvalue weighted by molar-refractivity contribution is -0.117. The zero-order valence-corrected chi connectivity index (χ0v) is 14.2. The Kier molecular flexibility index (Phi) is 7.51. The van der Waals surface area contributed by atoms with E-state index in [0.29, 0.717) is 5.15 Å². The Morgan fingerprint density at radius 1 is 1.38 bits per heavy atom. The van der Waals surface area contributed by atoms with Crippen LogP contribution in [0.15, 0.2) is 6.08 Å². The number of nitrogens with zero attached hydrogens (tertiary/aromatic N) is 2. The molecule has 0 aliphatic heterocycles. The molecular formula is C16H26ClN3O. The highest BCUT2D eigenvalue weighted by Gasteiger charge is 2.11. The topological polar surface area (TPSA) is 46.9 Å². The molecule has 1 aromatic rings. The van der Waals surface area contributed by atoms with Gasteiger partial charge in [-0.05, 0) is 32.3 Å². The van der Waals surface area contributed by atoms with Crippen LogP contribution in [0.1, 0.15) is 57.7 Å². The average molecular weight is 312 g/mol. The third kappa shape index (κ3) is 5.20. The molecule has 0 saturated carbocycles. The first-order chi connectivity index (χ1) is 10.0. The van der Waals surface area contributed by atoms with Gasteiger partial charge in [-0.3, -0.25) is 9.48 Å². The number of nitrogens with one attached hydrogen (secondary N) is 1. The molecule has 0 aliphatic rings. The standard InChI is InChI=1S/C16H26ClN3O/c1-5-8-11-20-16(17)14(12(4)19-20)9-10-15(21)18-13(6-2)7-3/h9-10,13H,5-8,11H2,1-4H3,(H,18,21)/b10-9+. The fraction of sp³-hybridized carbons (Fsp3) is 0.625. The van der Waals surface area contributed by atoms with E-state index in [4.69, 9.17) is 11.6 Å². The van der Waals surface area contributed by atoms with Gasteiger partial charge in [0.15, 0.2) is 0 Å². The van der Waals surface area contributed by atoms with E-state index in [9.17, 15) is 4.79 Å². The molecule has 0 unspecified atom stereocenters. The average Bonchev–Trinajstić information content (AvgIpc) is 2.74. The van der Waals surface area contributed by atoms with Gasteiger partial charge in [0.1, 0.15) is 5.15 Å². The molecule has 1 heterocycles. The van der Waals surface area contributed by atoms with Gasteiger partial charge in [0.05, 0.1) is 5.69 Å². The van der Waals surface area contributed by atoms with E-state index in [-0.39, 0.29) is 11.9 Å². The Hall–Kier alpha value is -1.29. The van der Waals surface area contributed by atoms with E-state index in [0.717, 1.165) is 43.5 Å². The molecule has 0 aliphatic carbocycles. The number of unbranched alkanes of at least 4 members (excludes halogenated alkanes) is 1. The molecule has 0 fully saturated rings. The van der Waals surface area contributed by atoms with Crippen LogP contribution in [0.3, 0.4) is 0 Å². The second kappa shape index (κ2) is 8.88. The van der Waals surface area contributed by atoms with Gasteiger partial charge in [-0.15, -0.1) is 0 Å². The number of halogens is 1. The van der Waals surface area contributed by atoms with Crippen LogP contribution in [-0.2, 0) is 11.3 Å². The number of rotatable bonds is 8. The summed E-state index contributed by atoms with van der Waals surface area (Å²) < 4.78 is 1.80. The highest BCUT2D eigenvalue weighted by Crippen LogP contribution is 2.21. The first kappa shape index (κ1) is 17.8. The predicted octanol–water partition coefficient (Wildman–Crippen LogP) is 3.96. The summed E-state index contributed by atoms with van der Waals surface area (Å²) in [4.78, 5) is 11.9. The molecular weight excluding hydrogens is 286 g/mol. The molecule has 1 rings (SSSR count). The van der Waals surface area contributed by atoms with Gasteiger partial charge < -0.3 is 5.32 Å². The minimum atomic E-state index is -0.0829. The molecule has 0 aromatic carbocycles. The number of hydrogen-bond donors (Lipinski definition) is 1. The lowest BCUT2D eigenvalue weighted by atomic mass is 10.1. The monoisotopic (exact) mass is 311 g/mol. The maximum atomic E-state index is 11.9. The molecule has 1 N–H and O–H groups in total. The van der Waals surface area contributed by atoms with Crippen LogP contribution in [-0.4, -0.2) is 21.7 Å². The molecule has 0 radical (unpaired) electrons. The van der Waals surface area contributed by atoms with Crippen molar-refractivity contribution in [2.24, 2.45) is 0 Å². The zero-order valence-electron chi connectivity index (χ0n) is 13.4. The van der Waals surface area contributed by atoms with Gasteiger partial charge in [0.2, 0.25) is 5.91 Å². The molecule has 5 heteroatoms. The zero-order chi connectivity index (χ0) is 15.8. The van der Waals surface area contributed by atoms with Crippen LogP contribution >= 0.6 is 11.6 Å². The predicted molar refractivity (Wildman–Crippen MR) is 88.4 cm³/mol. The van der Waals surface area contributed by atoms with Crippen molar-refractivity contribution in [3.8, 4) is 0 Å². The van der Waals surface area contributed by atoms with Crippen LogP contribution < -0.4 is 5.32 Å². The summed E-state index contributed by atoms with van der Waals surface area (Å²) in [6, 6.07) is 0.228. The number of hydrogen-bond acceptors (Lipinski definition) is 2. The molecule has 4 nitrogen and oxygen atoms in total. The Morgan fingerprint density at radius 3 is 2.62 bits per heavy atom. The first-order valence-electron chi connectivity index (χ1n) is 7.74. The summed E-state index contributed by atoms with van der Waals surface area (Å²) in [6.45, 7) is 8.98. The van der Waals surface area contributed by atoms with E-state index in [2.05, 4.69) is 31.2 Å².